The fraction of sp³-hybridized carbons (Fsp3) is 0.900. The topological polar surface area (TPSA) is 29.5 Å². The Bertz CT molecular complexity index is 236. The number of carbonyl (C=O) groups is 1. The van der Waals surface area contributed by atoms with E-state index in [2.05, 4.69) is 34.5 Å². The first-order valence-electron chi connectivity index (χ1n) is 5.10. The molecule has 2 heterocycles. The van der Waals surface area contributed by atoms with Crippen molar-refractivity contribution in [1.29, 1.82) is 0 Å². The van der Waals surface area contributed by atoms with Crippen LogP contribution in [0.1, 0.15) is 19.3 Å². The van der Waals surface area contributed by atoms with E-state index in [-0.39, 0.29) is 17.5 Å². The van der Waals surface area contributed by atoms with E-state index in [1.165, 1.54) is 0 Å². The van der Waals surface area contributed by atoms with Crippen LogP contribution < -0.4 is 0 Å². The van der Waals surface area contributed by atoms with Crippen LogP contribution in [0.2, 0.25) is 0 Å². The molecule has 0 aliphatic carbocycles. The molecular formula is C10H16INO2. The average molecular weight is 309 g/mol. The number of esters is 1. The summed E-state index contributed by atoms with van der Waals surface area (Å²) in [7, 11) is 2.14. The molecule has 0 aromatic heterocycles. The van der Waals surface area contributed by atoms with E-state index in [0.717, 1.165) is 30.4 Å². The standard InChI is InChI=1S/C10H16INO2/c1-12-4-2-10(3-5-12)6-9(13)14-8(10)7-11/h8H,2-7H2,1H3. The summed E-state index contributed by atoms with van der Waals surface area (Å²) in [4.78, 5) is 13.7. The van der Waals surface area contributed by atoms with Crippen LogP contribution in [0.3, 0.4) is 0 Å². The highest BCUT2D eigenvalue weighted by molar-refractivity contribution is 14.1. The maximum absolute atomic E-state index is 11.3. The van der Waals surface area contributed by atoms with Crippen LogP contribution in [0.4, 0.5) is 0 Å². The van der Waals surface area contributed by atoms with Crippen LogP contribution in [0.5, 0.6) is 0 Å². The lowest BCUT2D eigenvalue weighted by molar-refractivity contribution is -0.140. The van der Waals surface area contributed by atoms with Crippen molar-refractivity contribution in [3.8, 4) is 0 Å². The van der Waals surface area contributed by atoms with Crippen molar-refractivity contribution in [2.45, 2.75) is 25.4 Å². The van der Waals surface area contributed by atoms with Gasteiger partial charge >= 0.3 is 5.97 Å². The summed E-state index contributed by atoms with van der Waals surface area (Å²) < 4.78 is 6.31. The summed E-state index contributed by atoms with van der Waals surface area (Å²) in [6.45, 7) is 2.20. The lowest BCUT2D eigenvalue weighted by Crippen LogP contribution is -2.43. The molecule has 0 amide bonds. The van der Waals surface area contributed by atoms with Gasteiger partial charge < -0.3 is 9.64 Å². The van der Waals surface area contributed by atoms with Crippen molar-refractivity contribution >= 4 is 28.6 Å². The smallest absolute Gasteiger partial charge is 0.306 e. The van der Waals surface area contributed by atoms with Crippen LogP contribution in [-0.4, -0.2) is 41.5 Å². The Balaban J connectivity index is 2.10. The number of ether oxygens (including phenoxy) is 1. The summed E-state index contributed by atoms with van der Waals surface area (Å²) in [6.07, 6.45) is 3.05. The predicted octanol–water partition coefficient (Wildman–Crippen LogP) is 1.45. The number of halogens is 1. The summed E-state index contributed by atoms with van der Waals surface area (Å²) in [5.74, 6) is 0.0104. The van der Waals surface area contributed by atoms with E-state index in [1.54, 1.807) is 0 Å². The highest BCUT2D eigenvalue weighted by Crippen LogP contribution is 2.44. The number of piperidine rings is 1. The lowest BCUT2D eigenvalue weighted by atomic mass is 9.73. The van der Waals surface area contributed by atoms with Crippen molar-refractivity contribution in [3.63, 3.8) is 0 Å². The van der Waals surface area contributed by atoms with Crippen LogP contribution in [0, 0.1) is 5.41 Å². The molecule has 0 bridgehead atoms. The summed E-state index contributed by atoms with van der Waals surface area (Å²) in [6, 6.07) is 0. The molecule has 2 fully saturated rings. The first-order valence-corrected chi connectivity index (χ1v) is 6.63. The number of hydrogen-bond donors (Lipinski definition) is 0. The fourth-order valence-corrected chi connectivity index (χ4v) is 3.60. The molecule has 2 aliphatic rings. The van der Waals surface area contributed by atoms with Gasteiger partial charge in [-0.1, -0.05) is 22.6 Å². The summed E-state index contributed by atoms with van der Waals surface area (Å²) in [5, 5.41) is 0. The molecular weight excluding hydrogens is 293 g/mol. The monoisotopic (exact) mass is 309 g/mol. The molecule has 0 N–H and O–H groups in total. The minimum atomic E-state index is 0.0104. The molecule has 14 heavy (non-hydrogen) atoms. The number of carbonyl (C=O) groups excluding carboxylic acids is 1. The number of rotatable bonds is 1. The second-order valence-corrected chi connectivity index (χ2v) is 5.36. The molecule has 1 atom stereocenters. The largest absolute Gasteiger partial charge is 0.461 e. The van der Waals surface area contributed by atoms with Crippen molar-refractivity contribution in [3.05, 3.63) is 0 Å². The van der Waals surface area contributed by atoms with Crippen molar-refractivity contribution in [2.24, 2.45) is 5.41 Å². The first-order chi connectivity index (χ1) is 6.66. The van der Waals surface area contributed by atoms with E-state index >= 15 is 0 Å². The molecule has 2 aliphatic heterocycles. The molecule has 1 unspecified atom stereocenters. The number of cyclic esters (lactones) is 1. The molecule has 0 aromatic rings. The van der Waals surface area contributed by atoms with E-state index in [4.69, 9.17) is 4.74 Å². The Kier molecular flexibility index (Phi) is 3.02. The number of alkyl halides is 1. The van der Waals surface area contributed by atoms with Crippen molar-refractivity contribution in [2.75, 3.05) is 24.6 Å². The Morgan fingerprint density at radius 2 is 2.21 bits per heavy atom. The molecule has 0 radical (unpaired) electrons. The summed E-state index contributed by atoms with van der Waals surface area (Å²) >= 11 is 2.33. The zero-order chi connectivity index (χ0) is 10.2. The Morgan fingerprint density at radius 3 is 2.79 bits per heavy atom. The molecule has 2 saturated heterocycles. The van der Waals surface area contributed by atoms with Gasteiger partial charge in [0.15, 0.2) is 0 Å². The Labute approximate surface area is 98.3 Å². The molecule has 0 saturated carbocycles. The van der Waals surface area contributed by atoms with Gasteiger partial charge in [-0.15, -0.1) is 0 Å². The van der Waals surface area contributed by atoms with E-state index < -0.39 is 0 Å². The highest BCUT2D eigenvalue weighted by Gasteiger charge is 2.49. The maximum Gasteiger partial charge on any atom is 0.306 e. The maximum atomic E-state index is 11.3. The molecule has 80 valence electrons. The third-order valence-electron chi connectivity index (χ3n) is 3.58. The second-order valence-electron chi connectivity index (χ2n) is 4.48. The second kappa shape index (κ2) is 3.96. The Morgan fingerprint density at radius 1 is 1.57 bits per heavy atom. The molecule has 2 rings (SSSR count). The Hall–Kier alpha value is 0.160. The van der Waals surface area contributed by atoms with E-state index in [1.807, 2.05) is 0 Å². The lowest BCUT2D eigenvalue weighted by Gasteiger charge is -2.39. The van der Waals surface area contributed by atoms with Crippen molar-refractivity contribution < 1.29 is 9.53 Å². The van der Waals surface area contributed by atoms with Crippen LogP contribution in [-0.2, 0) is 9.53 Å². The van der Waals surface area contributed by atoms with Crippen LogP contribution in [0.15, 0.2) is 0 Å². The SMILES string of the molecule is CN1CCC2(CC1)CC(=O)OC2CI. The fourth-order valence-electron chi connectivity index (χ4n) is 2.48. The van der Waals surface area contributed by atoms with Crippen LogP contribution >= 0.6 is 22.6 Å². The predicted molar refractivity (Wildman–Crippen MR) is 62.5 cm³/mol. The third kappa shape index (κ3) is 1.78. The van der Waals surface area contributed by atoms with Gasteiger partial charge in [0.1, 0.15) is 6.10 Å². The van der Waals surface area contributed by atoms with Gasteiger partial charge in [0.2, 0.25) is 0 Å². The van der Waals surface area contributed by atoms with Gasteiger partial charge in [-0.3, -0.25) is 4.79 Å². The molecule has 3 nitrogen and oxygen atoms in total. The van der Waals surface area contributed by atoms with Gasteiger partial charge in [-0.2, -0.15) is 0 Å². The van der Waals surface area contributed by atoms with Gasteiger partial charge in [0, 0.05) is 9.84 Å². The zero-order valence-corrected chi connectivity index (χ0v) is 10.6. The zero-order valence-electron chi connectivity index (χ0n) is 8.46. The molecule has 0 aromatic carbocycles. The van der Waals surface area contributed by atoms with E-state index in [0.29, 0.717) is 6.42 Å². The normalized spacial score (nSPS) is 32.1. The van der Waals surface area contributed by atoms with Gasteiger partial charge in [0.05, 0.1) is 6.42 Å². The molecule has 1 spiro atoms. The minimum Gasteiger partial charge on any atom is -0.461 e. The third-order valence-corrected chi connectivity index (χ3v) is 4.38. The average Bonchev–Trinajstić information content (AvgIpc) is 2.48. The first kappa shape index (κ1) is 10.7. The highest BCUT2D eigenvalue weighted by atomic mass is 127. The number of nitrogens with zero attached hydrogens (tertiary/aromatic N) is 1. The summed E-state index contributed by atoms with van der Waals surface area (Å²) in [5.41, 5.74) is 0.171. The van der Waals surface area contributed by atoms with Crippen LogP contribution in [0.25, 0.3) is 0 Å². The van der Waals surface area contributed by atoms with Gasteiger partial charge in [0.25, 0.3) is 0 Å². The quantitative estimate of drug-likeness (QED) is 0.417. The van der Waals surface area contributed by atoms with Gasteiger partial charge in [-0.05, 0) is 33.0 Å². The number of likely N-dealkylation sites (tertiary alicyclic amines) is 1. The number of hydrogen-bond acceptors (Lipinski definition) is 3. The molecule has 4 heteroatoms. The minimum absolute atomic E-state index is 0.0104. The van der Waals surface area contributed by atoms with E-state index in [9.17, 15) is 4.79 Å². The van der Waals surface area contributed by atoms with Gasteiger partial charge in [-0.25, -0.2) is 0 Å². The van der Waals surface area contributed by atoms with Crippen molar-refractivity contribution in [1.82, 2.24) is 4.90 Å².